The molecule has 0 aliphatic carbocycles. The largest absolute Gasteiger partial charge is 0.506 e. The number of carbonyl (C=O) groups excluding carboxylic acids is 1. The molecule has 1 amide bonds. The summed E-state index contributed by atoms with van der Waals surface area (Å²) in [6.45, 7) is 0. The normalized spacial score (nSPS) is 10.2. The summed E-state index contributed by atoms with van der Waals surface area (Å²) in [6, 6.07) is 23.9. The lowest BCUT2D eigenvalue weighted by molar-refractivity contribution is 0.102. The molecule has 3 rings (SSSR count). The van der Waals surface area contributed by atoms with Crippen molar-refractivity contribution in [2.75, 3.05) is 17.3 Å². The average Bonchev–Trinajstić information content (AvgIpc) is 2.63. The minimum absolute atomic E-state index is 0.0414. The van der Waals surface area contributed by atoms with E-state index >= 15 is 0 Å². The van der Waals surface area contributed by atoms with E-state index in [2.05, 4.69) is 5.32 Å². The first-order valence-corrected chi connectivity index (χ1v) is 7.64. The van der Waals surface area contributed by atoms with E-state index in [-0.39, 0.29) is 11.7 Å². The van der Waals surface area contributed by atoms with E-state index in [0.29, 0.717) is 11.3 Å². The number of nitrogens with zero attached hydrogens (tertiary/aromatic N) is 1. The van der Waals surface area contributed by atoms with Gasteiger partial charge in [0.25, 0.3) is 5.91 Å². The number of hydrogen-bond donors (Lipinski definition) is 2. The molecule has 24 heavy (non-hydrogen) atoms. The van der Waals surface area contributed by atoms with E-state index in [1.165, 1.54) is 6.07 Å². The van der Waals surface area contributed by atoms with Gasteiger partial charge in [0.05, 0.1) is 16.9 Å². The first kappa shape index (κ1) is 15.6. The smallest absolute Gasteiger partial charge is 0.257 e. The Bertz CT molecular complexity index is 847. The van der Waals surface area contributed by atoms with Crippen LogP contribution in [-0.4, -0.2) is 18.1 Å². The molecule has 0 aromatic heterocycles. The molecule has 0 radical (unpaired) electrons. The molecule has 4 heteroatoms. The lowest BCUT2D eigenvalue weighted by atomic mass is 10.1. The van der Waals surface area contributed by atoms with E-state index in [9.17, 15) is 9.90 Å². The second-order valence-electron chi connectivity index (χ2n) is 5.38. The molecule has 4 nitrogen and oxygen atoms in total. The van der Waals surface area contributed by atoms with Crippen molar-refractivity contribution in [2.45, 2.75) is 0 Å². The van der Waals surface area contributed by atoms with Crippen LogP contribution in [0.1, 0.15) is 10.4 Å². The summed E-state index contributed by atoms with van der Waals surface area (Å²) in [4.78, 5) is 14.6. The first-order valence-electron chi connectivity index (χ1n) is 7.64. The van der Waals surface area contributed by atoms with Gasteiger partial charge in [-0.2, -0.15) is 0 Å². The maximum absolute atomic E-state index is 12.7. The van der Waals surface area contributed by atoms with Gasteiger partial charge in [-0.15, -0.1) is 0 Å². The Hall–Kier alpha value is -3.27. The minimum atomic E-state index is -0.269. The molecule has 0 unspecified atom stereocenters. The van der Waals surface area contributed by atoms with E-state index in [1.54, 1.807) is 24.3 Å². The Morgan fingerprint density at radius 2 is 1.50 bits per heavy atom. The van der Waals surface area contributed by atoms with Gasteiger partial charge in [0.2, 0.25) is 0 Å². The number of hydrogen-bond acceptors (Lipinski definition) is 3. The van der Waals surface area contributed by atoms with Crippen molar-refractivity contribution < 1.29 is 9.90 Å². The molecule has 0 aliphatic rings. The van der Waals surface area contributed by atoms with Crippen molar-refractivity contribution in [3.05, 3.63) is 84.4 Å². The van der Waals surface area contributed by atoms with E-state index in [1.807, 2.05) is 60.5 Å². The summed E-state index contributed by atoms with van der Waals surface area (Å²) in [5.41, 5.74) is 2.70. The SMILES string of the molecule is CN(c1ccccc1)c1ccccc1C(=O)Nc1ccccc1O. The van der Waals surface area contributed by atoms with E-state index in [4.69, 9.17) is 0 Å². The van der Waals surface area contributed by atoms with Crippen molar-refractivity contribution in [1.29, 1.82) is 0 Å². The summed E-state index contributed by atoms with van der Waals surface area (Å²) in [6.07, 6.45) is 0. The highest BCUT2D eigenvalue weighted by molar-refractivity contribution is 6.09. The summed E-state index contributed by atoms with van der Waals surface area (Å²) < 4.78 is 0. The fourth-order valence-corrected chi connectivity index (χ4v) is 2.52. The summed E-state index contributed by atoms with van der Waals surface area (Å²) in [7, 11) is 1.92. The fraction of sp³-hybridized carbons (Fsp3) is 0.0500. The molecule has 0 aliphatic heterocycles. The number of para-hydroxylation sites is 4. The molecule has 3 aromatic carbocycles. The third-order valence-corrected chi connectivity index (χ3v) is 3.81. The molecular weight excluding hydrogens is 300 g/mol. The van der Waals surface area contributed by atoms with Gasteiger partial charge in [-0.05, 0) is 36.4 Å². The van der Waals surface area contributed by atoms with Gasteiger partial charge >= 0.3 is 0 Å². The highest BCUT2D eigenvalue weighted by Crippen LogP contribution is 2.28. The standard InChI is InChI=1S/C20H18N2O2/c1-22(15-9-3-2-4-10-15)18-13-7-5-11-16(18)20(24)21-17-12-6-8-14-19(17)23/h2-14,23H,1H3,(H,21,24). The molecule has 0 saturated heterocycles. The Kier molecular flexibility index (Phi) is 4.47. The monoisotopic (exact) mass is 318 g/mol. The maximum Gasteiger partial charge on any atom is 0.257 e. The molecule has 0 spiro atoms. The number of amides is 1. The third-order valence-electron chi connectivity index (χ3n) is 3.81. The number of phenols is 1. The van der Waals surface area contributed by atoms with Crippen LogP contribution in [0.3, 0.4) is 0 Å². The predicted octanol–water partition coefficient (Wildman–Crippen LogP) is 4.41. The second kappa shape index (κ2) is 6.87. The number of nitrogens with one attached hydrogen (secondary N) is 1. The van der Waals surface area contributed by atoms with Gasteiger partial charge in [-0.25, -0.2) is 0 Å². The van der Waals surface area contributed by atoms with Crippen molar-refractivity contribution in [3.63, 3.8) is 0 Å². The van der Waals surface area contributed by atoms with Gasteiger partial charge in [-0.3, -0.25) is 4.79 Å². The van der Waals surface area contributed by atoms with Crippen LogP contribution >= 0.6 is 0 Å². The van der Waals surface area contributed by atoms with Gasteiger partial charge in [0.1, 0.15) is 5.75 Å². The van der Waals surface area contributed by atoms with Crippen molar-refractivity contribution in [1.82, 2.24) is 0 Å². The molecule has 0 heterocycles. The van der Waals surface area contributed by atoms with Crippen LogP contribution in [0.4, 0.5) is 17.1 Å². The second-order valence-corrected chi connectivity index (χ2v) is 5.38. The van der Waals surface area contributed by atoms with Gasteiger partial charge in [-0.1, -0.05) is 42.5 Å². The van der Waals surface area contributed by atoms with Gasteiger partial charge in [0.15, 0.2) is 0 Å². The zero-order valence-corrected chi connectivity index (χ0v) is 13.3. The van der Waals surface area contributed by atoms with Crippen LogP contribution in [0.2, 0.25) is 0 Å². The van der Waals surface area contributed by atoms with Gasteiger partial charge in [0, 0.05) is 12.7 Å². The fourth-order valence-electron chi connectivity index (χ4n) is 2.52. The Balaban J connectivity index is 1.92. The number of carbonyl (C=O) groups is 1. The Morgan fingerprint density at radius 3 is 2.25 bits per heavy atom. The summed E-state index contributed by atoms with van der Waals surface area (Å²) >= 11 is 0. The predicted molar refractivity (Wildman–Crippen MR) is 97.0 cm³/mol. The lowest BCUT2D eigenvalue weighted by Crippen LogP contribution is -2.18. The number of rotatable bonds is 4. The number of phenolic OH excluding ortho intramolecular Hbond substituents is 1. The van der Waals surface area contributed by atoms with E-state index < -0.39 is 0 Å². The molecule has 0 saturated carbocycles. The topological polar surface area (TPSA) is 52.6 Å². The van der Waals surface area contributed by atoms with Crippen molar-refractivity contribution >= 4 is 23.0 Å². The Labute approximate surface area is 141 Å². The summed E-state index contributed by atoms with van der Waals surface area (Å²) in [5, 5.41) is 12.6. The number of aromatic hydroxyl groups is 1. The third kappa shape index (κ3) is 3.22. The molecular formula is C20H18N2O2. The Morgan fingerprint density at radius 1 is 0.875 bits per heavy atom. The minimum Gasteiger partial charge on any atom is -0.506 e. The number of benzene rings is 3. The number of anilines is 3. The highest BCUT2D eigenvalue weighted by Gasteiger charge is 2.16. The van der Waals surface area contributed by atoms with Crippen LogP contribution in [0.25, 0.3) is 0 Å². The molecule has 3 aromatic rings. The maximum atomic E-state index is 12.7. The van der Waals surface area contributed by atoms with Crippen LogP contribution in [0.5, 0.6) is 5.75 Å². The van der Waals surface area contributed by atoms with Crippen LogP contribution in [-0.2, 0) is 0 Å². The van der Waals surface area contributed by atoms with Crippen molar-refractivity contribution in [3.8, 4) is 5.75 Å². The van der Waals surface area contributed by atoms with Crippen LogP contribution in [0.15, 0.2) is 78.9 Å². The molecule has 120 valence electrons. The lowest BCUT2D eigenvalue weighted by Gasteiger charge is -2.22. The zero-order chi connectivity index (χ0) is 16.9. The van der Waals surface area contributed by atoms with Gasteiger partial charge < -0.3 is 15.3 Å². The first-order chi connectivity index (χ1) is 11.7. The quantitative estimate of drug-likeness (QED) is 0.701. The average molecular weight is 318 g/mol. The van der Waals surface area contributed by atoms with Crippen LogP contribution < -0.4 is 10.2 Å². The van der Waals surface area contributed by atoms with E-state index in [0.717, 1.165) is 11.4 Å². The molecule has 0 fully saturated rings. The van der Waals surface area contributed by atoms with Crippen molar-refractivity contribution in [2.24, 2.45) is 0 Å². The molecule has 2 N–H and O–H groups in total. The molecule has 0 atom stereocenters. The van der Waals surface area contributed by atoms with Crippen LogP contribution in [0, 0.1) is 0 Å². The summed E-state index contributed by atoms with van der Waals surface area (Å²) in [5.74, 6) is -0.227. The highest BCUT2D eigenvalue weighted by atomic mass is 16.3. The zero-order valence-electron chi connectivity index (χ0n) is 13.3. The molecule has 0 bridgehead atoms.